The van der Waals surface area contributed by atoms with E-state index >= 15 is 0 Å². The molecule has 0 radical (unpaired) electrons. The van der Waals surface area contributed by atoms with E-state index in [1.807, 2.05) is 30.3 Å². The first-order chi connectivity index (χ1) is 10.7. The fourth-order valence-electron chi connectivity index (χ4n) is 2.58. The fraction of sp³-hybridized carbons (Fsp3) is 0.188. The van der Waals surface area contributed by atoms with Gasteiger partial charge in [0.05, 0.1) is 11.0 Å². The molecule has 0 unspecified atom stereocenters. The number of carbonyl (C=O) groups excluding carboxylic acids is 1. The van der Waals surface area contributed by atoms with E-state index in [4.69, 9.17) is 0 Å². The molecule has 0 aliphatic carbocycles. The van der Waals surface area contributed by atoms with E-state index < -0.39 is 4.92 Å². The van der Waals surface area contributed by atoms with Crippen LogP contribution in [0, 0.1) is 10.1 Å². The summed E-state index contributed by atoms with van der Waals surface area (Å²) in [5, 5.41) is 13.6. The quantitative estimate of drug-likeness (QED) is 0.695. The second-order valence-corrected chi connectivity index (χ2v) is 5.11. The summed E-state index contributed by atoms with van der Waals surface area (Å²) in [6.45, 7) is 0.645. The van der Waals surface area contributed by atoms with Gasteiger partial charge < -0.3 is 10.2 Å². The van der Waals surface area contributed by atoms with Gasteiger partial charge in [-0.25, -0.2) is 4.79 Å². The van der Waals surface area contributed by atoms with Crippen molar-refractivity contribution in [1.29, 1.82) is 0 Å². The molecule has 1 aliphatic heterocycles. The molecule has 1 atom stereocenters. The van der Waals surface area contributed by atoms with Crippen LogP contribution in [0.2, 0.25) is 0 Å². The van der Waals surface area contributed by atoms with Crippen LogP contribution in [0.15, 0.2) is 54.6 Å². The molecular formula is C16H15N3O3. The third kappa shape index (κ3) is 2.63. The van der Waals surface area contributed by atoms with Crippen molar-refractivity contribution >= 4 is 17.4 Å². The molecule has 1 saturated heterocycles. The monoisotopic (exact) mass is 297 g/mol. The molecule has 1 N–H and O–H groups in total. The Kier molecular flexibility index (Phi) is 3.74. The number of nitrogens with one attached hydrogen (secondary N) is 1. The van der Waals surface area contributed by atoms with Crippen LogP contribution in [-0.2, 0) is 0 Å². The lowest BCUT2D eigenvalue weighted by atomic mass is 9.95. The van der Waals surface area contributed by atoms with E-state index in [1.165, 1.54) is 12.1 Å². The van der Waals surface area contributed by atoms with Crippen molar-refractivity contribution in [3.05, 3.63) is 70.3 Å². The molecule has 0 bridgehead atoms. The highest BCUT2D eigenvalue weighted by Gasteiger charge is 2.33. The predicted octanol–water partition coefficient (Wildman–Crippen LogP) is 3.57. The number of nitro groups is 1. The van der Waals surface area contributed by atoms with E-state index in [1.54, 1.807) is 17.0 Å². The number of nitrogens with zero attached hydrogens (tertiary/aromatic N) is 2. The lowest BCUT2D eigenvalue weighted by molar-refractivity contribution is -0.383. The van der Waals surface area contributed by atoms with Crippen LogP contribution in [0.4, 0.5) is 16.2 Å². The van der Waals surface area contributed by atoms with E-state index in [-0.39, 0.29) is 23.4 Å². The first-order valence-electron chi connectivity index (χ1n) is 7.03. The molecule has 0 aromatic heterocycles. The van der Waals surface area contributed by atoms with Crippen molar-refractivity contribution in [1.82, 2.24) is 4.90 Å². The van der Waals surface area contributed by atoms with Crippen molar-refractivity contribution in [3.8, 4) is 0 Å². The van der Waals surface area contributed by atoms with Gasteiger partial charge in [0.2, 0.25) is 0 Å². The van der Waals surface area contributed by atoms with Crippen molar-refractivity contribution in [2.24, 2.45) is 0 Å². The molecule has 1 heterocycles. The maximum Gasteiger partial charge on any atom is 0.322 e. The van der Waals surface area contributed by atoms with Gasteiger partial charge in [-0.15, -0.1) is 0 Å². The van der Waals surface area contributed by atoms with E-state index in [0.717, 1.165) is 12.0 Å². The van der Waals surface area contributed by atoms with Crippen LogP contribution >= 0.6 is 0 Å². The smallest absolute Gasteiger partial charge is 0.317 e. The van der Waals surface area contributed by atoms with Gasteiger partial charge in [-0.3, -0.25) is 10.1 Å². The number of urea groups is 1. The molecule has 3 rings (SSSR count). The number of anilines is 1. The topological polar surface area (TPSA) is 75.5 Å². The Balaban J connectivity index is 1.74. The van der Waals surface area contributed by atoms with Crippen LogP contribution in [0.25, 0.3) is 0 Å². The summed E-state index contributed by atoms with van der Waals surface area (Å²) in [5.41, 5.74) is 1.19. The second-order valence-electron chi connectivity index (χ2n) is 5.11. The van der Waals surface area contributed by atoms with Gasteiger partial charge in [0.15, 0.2) is 0 Å². The first-order valence-corrected chi connectivity index (χ1v) is 7.03. The average molecular weight is 297 g/mol. The predicted molar refractivity (Wildman–Crippen MR) is 82.6 cm³/mol. The van der Waals surface area contributed by atoms with E-state index in [9.17, 15) is 14.9 Å². The summed E-state index contributed by atoms with van der Waals surface area (Å²) in [6.07, 6.45) is 0.897. The van der Waals surface area contributed by atoms with E-state index in [2.05, 4.69) is 5.32 Å². The zero-order chi connectivity index (χ0) is 15.5. The van der Waals surface area contributed by atoms with Crippen LogP contribution < -0.4 is 5.32 Å². The number of rotatable bonds is 3. The molecule has 1 fully saturated rings. The second kappa shape index (κ2) is 5.85. The normalized spacial score (nSPS) is 16.7. The molecule has 6 heteroatoms. The molecule has 22 heavy (non-hydrogen) atoms. The summed E-state index contributed by atoms with van der Waals surface area (Å²) in [6, 6.07) is 15.6. The van der Waals surface area contributed by atoms with Crippen molar-refractivity contribution in [2.45, 2.75) is 12.5 Å². The zero-order valence-corrected chi connectivity index (χ0v) is 11.8. The number of hydrogen-bond acceptors (Lipinski definition) is 3. The Hall–Kier alpha value is -2.89. The minimum atomic E-state index is -0.500. The molecule has 6 nitrogen and oxygen atoms in total. The maximum atomic E-state index is 12.3. The molecule has 0 saturated carbocycles. The van der Waals surface area contributed by atoms with Crippen molar-refractivity contribution in [2.75, 3.05) is 11.9 Å². The maximum absolute atomic E-state index is 12.3. The highest BCUT2D eigenvalue weighted by molar-refractivity contribution is 5.92. The van der Waals surface area contributed by atoms with Gasteiger partial charge in [0.1, 0.15) is 5.69 Å². The highest BCUT2D eigenvalue weighted by atomic mass is 16.6. The van der Waals surface area contributed by atoms with Gasteiger partial charge in [-0.2, -0.15) is 0 Å². The number of likely N-dealkylation sites (tertiary alicyclic amines) is 1. The molecule has 0 spiro atoms. The Morgan fingerprint density at radius 2 is 1.82 bits per heavy atom. The van der Waals surface area contributed by atoms with Crippen LogP contribution in [0.3, 0.4) is 0 Å². The third-order valence-corrected chi connectivity index (χ3v) is 3.81. The Labute approximate surface area is 127 Å². The van der Waals surface area contributed by atoms with Gasteiger partial charge in [0, 0.05) is 12.6 Å². The molecule has 2 aromatic carbocycles. The summed E-state index contributed by atoms with van der Waals surface area (Å²) in [7, 11) is 0. The number of para-hydroxylation sites is 2. The Morgan fingerprint density at radius 3 is 2.45 bits per heavy atom. The standard InChI is InChI=1S/C16H15N3O3/c20-16(17-13-8-4-5-9-15(13)19(21)22)18-11-10-14(18)12-6-2-1-3-7-12/h1-9,14H,10-11H2,(H,17,20)/t14-/m0/s1. The minimum Gasteiger partial charge on any atom is -0.317 e. The largest absolute Gasteiger partial charge is 0.322 e. The molecular weight excluding hydrogens is 282 g/mol. The van der Waals surface area contributed by atoms with Gasteiger partial charge in [-0.05, 0) is 18.1 Å². The fourth-order valence-corrected chi connectivity index (χ4v) is 2.58. The van der Waals surface area contributed by atoms with Crippen LogP contribution in [-0.4, -0.2) is 22.4 Å². The number of benzene rings is 2. The Morgan fingerprint density at radius 1 is 1.14 bits per heavy atom. The molecule has 2 amide bonds. The summed E-state index contributed by atoms with van der Waals surface area (Å²) in [4.78, 5) is 24.5. The van der Waals surface area contributed by atoms with Crippen molar-refractivity contribution < 1.29 is 9.72 Å². The minimum absolute atomic E-state index is 0.0315. The molecule has 2 aromatic rings. The summed E-state index contributed by atoms with van der Waals surface area (Å²) < 4.78 is 0. The summed E-state index contributed by atoms with van der Waals surface area (Å²) >= 11 is 0. The number of amides is 2. The number of carbonyl (C=O) groups is 1. The third-order valence-electron chi connectivity index (χ3n) is 3.81. The Bertz CT molecular complexity index is 703. The SMILES string of the molecule is O=C(Nc1ccccc1[N+](=O)[O-])N1CC[C@H]1c1ccccc1. The van der Waals surface area contributed by atoms with Gasteiger partial charge in [-0.1, -0.05) is 42.5 Å². The lowest BCUT2D eigenvalue weighted by Crippen LogP contribution is -2.47. The van der Waals surface area contributed by atoms with Gasteiger partial charge >= 0.3 is 6.03 Å². The van der Waals surface area contributed by atoms with Crippen LogP contribution in [0.1, 0.15) is 18.0 Å². The highest BCUT2D eigenvalue weighted by Crippen LogP contribution is 2.34. The summed E-state index contributed by atoms with van der Waals surface area (Å²) in [5.74, 6) is 0. The average Bonchev–Trinajstić information content (AvgIpc) is 2.47. The first kappa shape index (κ1) is 14.1. The van der Waals surface area contributed by atoms with Crippen LogP contribution in [0.5, 0.6) is 0 Å². The zero-order valence-electron chi connectivity index (χ0n) is 11.8. The number of nitro benzene ring substituents is 1. The van der Waals surface area contributed by atoms with E-state index in [0.29, 0.717) is 6.54 Å². The van der Waals surface area contributed by atoms with Crippen molar-refractivity contribution in [3.63, 3.8) is 0 Å². The molecule has 112 valence electrons. The number of hydrogen-bond donors (Lipinski definition) is 1. The lowest BCUT2D eigenvalue weighted by Gasteiger charge is -2.41. The molecule has 1 aliphatic rings. The van der Waals surface area contributed by atoms with Gasteiger partial charge in [0.25, 0.3) is 5.69 Å².